The highest BCUT2D eigenvalue weighted by molar-refractivity contribution is 14.1. The summed E-state index contributed by atoms with van der Waals surface area (Å²) in [5.41, 5.74) is 1.81. The third kappa shape index (κ3) is 4.59. The molecule has 2 amide bonds. The van der Waals surface area contributed by atoms with Crippen molar-refractivity contribution in [1.29, 1.82) is 0 Å². The molecular formula is C15H17IN4O. The summed E-state index contributed by atoms with van der Waals surface area (Å²) in [5.74, 6) is 0.868. The van der Waals surface area contributed by atoms with Crippen LogP contribution in [-0.4, -0.2) is 25.1 Å². The number of hydrogen-bond acceptors (Lipinski definition) is 3. The molecule has 0 saturated carbocycles. The lowest BCUT2D eigenvalue weighted by Gasteiger charge is -2.13. The van der Waals surface area contributed by atoms with Crippen LogP contribution < -0.4 is 15.5 Å². The molecule has 0 spiro atoms. The van der Waals surface area contributed by atoms with Crippen LogP contribution in [0.15, 0.2) is 42.6 Å². The number of anilines is 2. The molecule has 21 heavy (non-hydrogen) atoms. The van der Waals surface area contributed by atoms with Crippen molar-refractivity contribution in [3.05, 3.63) is 51.7 Å². The number of rotatable bonds is 4. The molecule has 1 heterocycles. The summed E-state index contributed by atoms with van der Waals surface area (Å²) in [6, 6.07) is 11.3. The van der Waals surface area contributed by atoms with E-state index in [9.17, 15) is 4.79 Å². The number of benzene rings is 1. The van der Waals surface area contributed by atoms with E-state index in [0.29, 0.717) is 6.54 Å². The number of hydrogen-bond donors (Lipinski definition) is 2. The van der Waals surface area contributed by atoms with Gasteiger partial charge in [0.05, 0.1) is 5.69 Å². The number of nitrogens with zero attached hydrogens (tertiary/aromatic N) is 2. The van der Waals surface area contributed by atoms with Crippen LogP contribution in [0.25, 0.3) is 0 Å². The molecule has 2 N–H and O–H groups in total. The van der Waals surface area contributed by atoms with E-state index < -0.39 is 0 Å². The molecule has 0 saturated heterocycles. The highest BCUT2D eigenvalue weighted by Crippen LogP contribution is 2.16. The second kappa shape index (κ2) is 7.26. The highest BCUT2D eigenvalue weighted by atomic mass is 127. The lowest BCUT2D eigenvalue weighted by Crippen LogP contribution is -2.28. The molecule has 110 valence electrons. The van der Waals surface area contributed by atoms with Crippen LogP contribution in [0.3, 0.4) is 0 Å². The summed E-state index contributed by atoms with van der Waals surface area (Å²) in [4.78, 5) is 18.1. The fraction of sp³-hybridized carbons (Fsp3) is 0.200. The topological polar surface area (TPSA) is 57.3 Å². The number of urea groups is 1. The molecule has 1 aromatic heterocycles. The predicted octanol–water partition coefficient (Wildman–Crippen LogP) is 3.07. The lowest BCUT2D eigenvalue weighted by molar-refractivity contribution is 0.251. The van der Waals surface area contributed by atoms with Gasteiger partial charge in [-0.1, -0.05) is 12.1 Å². The number of aromatic nitrogens is 1. The Labute approximate surface area is 137 Å². The average molecular weight is 396 g/mol. The van der Waals surface area contributed by atoms with Gasteiger partial charge in [-0.2, -0.15) is 0 Å². The summed E-state index contributed by atoms with van der Waals surface area (Å²) in [6.07, 6.45) is 1.74. The van der Waals surface area contributed by atoms with Crippen LogP contribution >= 0.6 is 22.6 Å². The van der Waals surface area contributed by atoms with Gasteiger partial charge in [0.2, 0.25) is 0 Å². The lowest BCUT2D eigenvalue weighted by atomic mass is 10.2. The summed E-state index contributed by atoms with van der Waals surface area (Å²) in [7, 11) is 3.87. The zero-order valence-corrected chi connectivity index (χ0v) is 14.1. The molecule has 0 fully saturated rings. The van der Waals surface area contributed by atoms with Crippen molar-refractivity contribution in [3.8, 4) is 0 Å². The number of para-hydroxylation sites is 1. The van der Waals surface area contributed by atoms with Crippen molar-refractivity contribution < 1.29 is 4.79 Å². The van der Waals surface area contributed by atoms with Crippen molar-refractivity contribution in [2.24, 2.45) is 0 Å². The first kappa shape index (κ1) is 15.6. The number of carbonyl (C=O) groups is 1. The van der Waals surface area contributed by atoms with Gasteiger partial charge >= 0.3 is 6.03 Å². The third-order valence-electron chi connectivity index (χ3n) is 2.84. The molecule has 5 nitrogen and oxygen atoms in total. The molecule has 2 rings (SSSR count). The van der Waals surface area contributed by atoms with Gasteiger partial charge in [-0.05, 0) is 52.4 Å². The van der Waals surface area contributed by atoms with Gasteiger partial charge in [-0.25, -0.2) is 9.78 Å². The molecule has 6 heteroatoms. The van der Waals surface area contributed by atoms with E-state index in [1.165, 1.54) is 0 Å². The van der Waals surface area contributed by atoms with Crippen LogP contribution in [0.4, 0.5) is 16.3 Å². The molecule has 0 aliphatic carbocycles. The van der Waals surface area contributed by atoms with Gasteiger partial charge in [0.15, 0.2) is 0 Å². The minimum Gasteiger partial charge on any atom is -0.363 e. The average Bonchev–Trinajstić information content (AvgIpc) is 2.48. The maximum Gasteiger partial charge on any atom is 0.319 e. The van der Waals surface area contributed by atoms with E-state index in [1.807, 2.05) is 55.4 Å². The Morgan fingerprint density at radius 3 is 2.76 bits per heavy atom. The van der Waals surface area contributed by atoms with E-state index in [-0.39, 0.29) is 6.03 Å². The number of pyridine rings is 1. The number of nitrogens with one attached hydrogen (secondary N) is 2. The molecule has 1 aromatic carbocycles. The standard InChI is InChI=1S/C15H17IN4O/c1-20(2)14-9-11(7-8-17-14)10-18-15(21)19-13-6-4-3-5-12(13)16/h3-9H,10H2,1-2H3,(H2,18,19,21). The van der Waals surface area contributed by atoms with Crippen LogP contribution in [0.2, 0.25) is 0 Å². The number of halogens is 1. The fourth-order valence-electron chi connectivity index (χ4n) is 1.73. The molecule has 2 aromatic rings. The molecule has 0 radical (unpaired) electrons. The summed E-state index contributed by atoms with van der Waals surface area (Å²) in [5, 5.41) is 5.68. The van der Waals surface area contributed by atoms with Crippen molar-refractivity contribution in [2.75, 3.05) is 24.3 Å². The van der Waals surface area contributed by atoms with Gasteiger partial charge in [0.1, 0.15) is 5.82 Å². The summed E-state index contributed by atoms with van der Waals surface area (Å²) < 4.78 is 1.00. The van der Waals surface area contributed by atoms with E-state index >= 15 is 0 Å². The van der Waals surface area contributed by atoms with Crippen molar-refractivity contribution >= 4 is 40.1 Å². The molecule has 0 bridgehead atoms. The van der Waals surface area contributed by atoms with Gasteiger partial charge in [-0.15, -0.1) is 0 Å². The zero-order valence-electron chi connectivity index (χ0n) is 11.9. The number of carbonyl (C=O) groups excluding carboxylic acids is 1. The van der Waals surface area contributed by atoms with Crippen molar-refractivity contribution in [1.82, 2.24) is 10.3 Å². The minimum absolute atomic E-state index is 0.220. The minimum atomic E-state index is -0.220. The van der Waals surface area contributed by atoms with Gasteiger partial charge in [0.25, 0.3) is 0 Å². The maximum atomic E-state index is 11.9. The SMILES string of the molecule is CN(C)c1cc(CNC(=O)Nc2ccccc2I)ccn1. The molecular weight excluding hydrogens is 379 g/mol. The first-order valence-corrected chi connectivity index (χ1v) is 7.56. The second-order valence-corrected chi connectivity index (χ2v) is 5.87. The van der Waals surface area contributed by atoms with Crippen LogP contribution in [0, 0.1) is 3.57 Å². The molecule has 0 unspecified atom stereocenters. The summed E-state index contributed by atoms with van der Waals surface area (Å²) in [6.45, 7) is 0.457. The van der Waals surface area contributed by atoms with Crippen molar-refractivity contribution in [2.45, 2.75) is 6.54 Å². The van der Waals surface area contributed by atoms with Gasteiger partial charge in [-0.3, -0.25) is 0 Å². The van der Waals surface area contributed by atoms with Gasteiger partial charge < -0.3 is 15.5 Å². The van der Waals surface area contributed by atoms with Crippen LogP contribution in [0.5, 0.6) is 0 Å². The normalized spacial score (nSPS) is 10.0. The maximum absolute atomic E-state index is 11.9. The monoisotopic (exact) mass is 396 g/mol. The first-order valence-electron chi connectivity index (χ1n) is 6.48. The molecule has 0 aliphatic rings. The number of amides is 2. The smallest absolute Gasteiger partial charge is 0.319 e. The zero-order chi connectivity index (χ0) is 15.2. The Morgan fingerprint density at radius 2 is 2.05 bits per heavy atom. The fourth-order valence-corrected chi connectivity index (χ4v) is 2.25. The van der Waals surface area contributed by atoms with E-state index in [1.54, 1.807) is 6.20 Å². The second-order valence-electron chi connectivity index (χ2n) is 4.70. The van der Waals surface area contributed by atoms with Crippen LogP contribution in [-0.2, 0) is 6.54 Å². The van der Waals surface area contributed by atoms with E-state index in [2.05, 4.69) is 38.2 Å². The van der Waals surface area contributed by atoms with E-state index in [0.717, 1.165) is 20.6 Å². The Hall–Kier alpha value is -1.83. The predicted molar refractivity (Wildman–Crippen MR) is 93.6 cm³/mol. The van der Waals surface area contributed by atoms with Gasteiger partial charge in [0, 0.05) is 30.4 Å². The van der Waals surface area contributed by atoms with Crippen molar-refractivity contribution in [3.63, 3.8) is 0 Å². The Balaban J connectivity index is 1.92. The van der Waals surface area contributed by atoms with E-state index in [4.69, 9.17) is 0 Å². The first-order chi connectivity index (χ1) is 10.1. The highest BCUT2D eigenvalue weighted by Gasteiger charge is 2.05. The quantitative estimate of drug-likeness (QED) is 0.782. The largest absolute Gasteiger partial charge is 0.363 e. The summed E-state index contributed by atoms with van der Waals surface area (Å²) >= 11 is 2.19. The van der Waals surface area contributed by atoms with Crippen LogP contribution in [0.1, 0.15) is 5.56 Å². The Bertz CT molecular complexity index is 631. The third-order valence-corrected chi connectivity index (χ3v) is 3.78. The molecule has 0 atom stereocenters. The Kier molecular flexibility index (Phi) is 5.38. The Morgan fingerprint density at radius 1 is 1.29 bits per heavy atom. The molecule has 0 aliphatic heterocycles.